The molecular weight excluding hydrogens is 368 g/mol. The molecule has 0 saturated heterocycles. The molecule has 2 N–H and O–H groups in total. The molecule has 2 aromatic carbocycles. The first-order chi connectivity index (χ1) is 14.1. The van der Waals surface area contributed by atoms with Crippen LogP contribution in [0.4, 0.5) is 0 Å². The van der Waals surface area contributed by atoms with Gasteiger partial charge in [-0.15, -0.1) is 5.10 Å². The third-order valence-corrected chi connectivity index (χ3v) is 6.02. The van der Waals surface area contributed by atoms with Crippen molar-refractivity contribution in [3.05, 3.63) is 72.1 Å². The molecule has 0 bridgehead atoms. The van der Waals surface area contributed by atoms with Crippen LogP contribution in [0.15, 0.2) is 60.8 Å². The molecule has 3 aromatic rings. The average Bonchev–Trinajstić information content (AvgIpc) is 3.09. The van der Waals surface area contributed by atoms with Crippen molar-refractivity contribution in [1.29, 1.82) is 0 Å². The summed E-state index contributed by atoms with van der Waals surface area (Å²) in [5.74, 6) is 1.23. The van der Waals surface area contributed by atoms with Crippen molar-refractivity contribution in [2.45, 2.75) is 32.0 Å². The minimum Gasteiger partial charge on any atom is -0.508 e. The minimum atomic E-state index is -0.219. The molecule has 2 fully saturated rings. The fourth-order valence-corrected chi connectivity index (χ4v) is 4.29. The Morgan fingerprint density at radius 1 is 1.21 bits per heavy atom. The molecule has 2 aliphatic rings. The number of amides is 1. The molecular formula is C22H22N4O3. The first-order valence-corrected chi connectivity index (χ1v) is 9.79. The highest BCUT2D eigenvalue weighted by Gasteiger charge is 2.72. The Bertz CT molecular complexity index is 1040. The van der Waals surface area contributed by atoms with Crippen LogP contribution in [0.5, 0.6) is 11.5 Å². The number of hydrogen-bond donors (Lipinski definition) is 2. The zero-order valence-electron chi connectivity index (χ0n) is 15.9. The summed E-state index contributed by atoms with van der Waals surface area (Å²) in [5.41, 5.74) is 1.61. The van der Waals surface area contributed by atoms with Gasteiger partial charge in [-0.25, -0.2) is 4.68 Å². The second-order valence-electron chi connectivity index (χ2n) is 7.88. The number of nitrogens with one attached hydrogen (secondary N) is 1. The summed E-state index contributed by atoms with van der Waals surface area (Å²) in [7, 11) is 0. The van der Waals surface area contributed by atoms with E-state index in [1.807, 2.05) is 41.2 Å². The normalized spacial score (nSPS) is 24.3. The molecule has 29 heavy (non-hydrogen) atoms. The second-order valence-corrected chi connectivity index (χ2v) is 7.88. The Hall–Kier alpha value is -3.35. The summed E-state index contributed by atoms with van der Waals surface area (Å²) in [6.45, 7) is 0.849. The van der Waals surface area contributed by atoms with Gasteiger partial charge in [-0.3, -0.25) is 4.79 Å². The van der Waals surface area contributed by atoms with Crippen molar-refractivity contribution in [3.8, 4) is 11.5 Å². The van der Waals surface area contributed by atoms with E-state index in [1.165, 1.54) is 0 Å². The molecule has 3 atom stereocenters. The molecule has 7 nitrogen and oxygen atoms in total. The predicted molar refractivity (Wildman–Crippen MR) is 105 cm³/mol. The third kappa shape index (κ3) is 3.33. The molecule has 5 rings (SSSR count). The van der Waals surface area contributed by atoms with Crippen LogP contribution in [0.3, 0.4) is 0 Å². The summed E-state index contributed by atoms with van der Waals surface area (Å²) in [5, 5.41) is 21.0. The number of benzene rings is 2. The minimum absolute atomic E-state index is 0.148. The average molecular weight is 390 g/mol. The number of ether oxygens (including phenoxy) is 1. The van der Waals surface area contributed by atoms with Gasteiger partial charge in [-0.2, -0.15) is 0 Å². The fourth-order valence-electron chi connectivity index (χ4n) is 4.29. The first-order valence-electron chi connectivity index (χ1n) is 9.79. The molecule has 0 unspecified atom stereocenters. The highest BCUT2D eigenvalue weighted by molar-refractivity contribution is 5.87. The van der Waals surface area contributed by atoms with E-state index in [2.05, 4.69) is 15.6 Å². The molecule has 1 amide bonds. The van der Waals surface area contributed by atoms with Crippen LogP contribution in [0.1, 0.15) is 30.1 Å². The number of hydrogen-bond acceptors (Lipinski definition) is 5. The van der Waals surface area contributed by atoms with E-state index in [4.69, 9.17) is 4.74 Å². The summed E-state index contributed by atoms with van der Waals surface area (Å²) in [4.78, 5) is 12.6. The highest BCUT2D eigenvalue weighted by atomic mass is 16.5. The molecule has 0 spiro atoms. The molecule has 2 saturated carbocycles. The van der Waals surface area contributed by atoms with Gasteiger partial charge >= 0.3 is 0 Å². The molecule has 148 valence electrons. The van der Waals surface area contributed by atoms with Crippen LogP contribution in [0.2, 0.25) is 0 Å². The predicted octanol–water partition coefficient (Wildman–Crippen LogP) is 2.83. The topological polar surface area (TPSA) is 89.3 Å². The number of carbonyl (C=O) groups excluding carboxylic acids is 1. The SMILES string of the molecule is O=C(NCc1ccccc1)[C@@]12C[C@@H](n3cc(COc4cccc(O)c4)nn3)[C@@H]1C2. The lowest BCUT2D eigenvalue weighted by Crippen LogP contribution is -2.41. The maximum Gasteiger partial charge on any atom is 0.226 e. The summed E-state index contributed by atoms with van der Waals surface area (Å²) >= 11 is 0. The van der Waals surface area contributed by atoms with Crippen molar-refractivity contribution >= 4 is 5.91 Å². The number of rotatable bonds is 7. The zero-order chi connectivity index (χ0) is 19.8. The summed E-state index contributed by atoms with van der Waals surface area (Å²) < 4.78 is 7.51. The zero-order valence-corrected chi connectivity index (χ0v) is 15.9. The second kappa shape index (κ2) is 6.92. The van der Waals surface area contributed by atoms with E-state index in [1.54, 1.807) is 24.3 Å². The largest absolute Gasteiger partial charge is 0.508 e. The van der Waals surface area contributed by atoms with E-state index in [-0.39, 0.29) is 29.7 Å². The van der Waals surface area contributed by atoms with E-state index < -0.39 is 0 Å². The number of nitrogens with zero attached hydrogens (tertiary/aromatic N) is 3. The number of fused-ring (bicyclic) bond motifs is 1. The Labute approximate surface area is 168 Å². The van der Waals surface area contributed by atoms with Crippen LogP contribution in [0, 0.1) is 11.3 Å². The van der Waals surface area contributed by atoms with Crippen LogP contribution in [0.25, 0.3) is 0 Å². The van der Waals surface area contributed by atoms with Crippen molar-refractivity contribution in [2.24, 2.45) is 11.3 Å². The van der Waals surface area contributed by atoms with E-state index >= 15 is 0 Å². The maximum atomic E-state index is 12.6. The van der Waals surface area contributed by atoms with Crippen molar-refractivity contribution in [1.82, 2.24) is 20.3 Å². The number of phenolic OH excluding ortho intramolecular Hbond substituents is 1. The quantitative estimate of drug-likeness (QED) is 0.648. The van der Waals surface area contributed by atoms with E-state index in [0.29, 0.717) is 18.2 Å². The number of carbonyl (C=O) groups is 1. The Morgan fingerprint density at radius 3 is 2.86 bits per heavy atom. The van der Waals surface area contributed by atoms with Crippen molar-refractivity contribution in [2.75, 3.05) is 0 Å². The molecule has 0 radical (unpaired) electrons. The van der Waals surface area contributed by atoms with E-state index in [0.717, 1.165) is 24.1 Å². The van der Waals surface area contributed by atoms with Gasteiger partial charge in [0.25, 0.3) is 0 Å². The van der Waals surface area contributed by atoms with Crippen LogP contribution in [-0.4, -0.2) is 26.0 Å². The number of aromatic nitrogens is 3. The molecule has 0 aliphatic heterocycles. The fraction of sp³-hybridized carbons (Fsp3) is 0.318. The lowest BCUT2D eigenvalue weighted by atomic mass is 9.79. The molecule has 1 aromatic heterocycles. The highest BCUT2D eigenvalue weighted by Crippen LogP contribution is 2.72. The third-order valence-electron chi connectivity index (χ3n) is 6.02. The lowest BCUT2D eigenvalue weighted by Gasteiger charge is -2.33. The van der Waals surface area contributed by atoms with Crippen molar-refractivity contribution < 1.29 is 14.6 Å². The molecule has 7 heteroatoms. The lowest BCUT2D eigenvalue weighted by molar-refractivity contribution is -0.130. The first kappa shape index (κ1) is 17.7. The Kier molecular flexibility index (Phi) is 4.23. The van der Waals surface area contributed by atoms with Gasteiger partial charge in [0.15, 0.2) is 0 Å². The van der Waals surface area contributed by atoms with Gasteiger partial charge in [0.1, 0.15) is 23.8 Å². The van der Waals surface area contributed by atoms with E-state index in [9.17, 15) is 9.90 Å². The maximum absolute atomic E-state index is 12.6. The summed E-state index contributed by atoms with van der Waals surface area (Å²) in [6.07, 6.45) is 3.60. The van der Waals surface area contributed by atoms with Gasteiger partial charge in [-0.05, 0) is 36.5 Å². The van der Waals surface area contributed by atoms with Gasteiger partial charge in [0.05, 0.1) is 17.7 Å². The summed E-state index contributed by atoms with van der Waals surface area (Å²) in [6, 6.07) is 16.8. The smallest absolute Gasteiger partial charge is 0.226 e. The van der Waals surface area contributed by atoms with Gasteiger partial charge in [0, 0.05) is 12.6 Å². The monoisotopic (exact) mass is 390 g/mol. The Morgan fingerprint density at radius 2 is 2.07 bits per heavy atom. The van der Waals surface area contributed by atoms with Crippen LogP contribution >= 0.6 is 0 Å². The number of phenols is 1. The van der Waals surface area contributed by atoms with Gasteiger partial charge < -0.3 is 15.2 Å². The van der Waals surface area contributed by atoms with Crippen LogP contribution in [-0.2, 0) is 17.9 Å². The molecule has 2 aliphatic carbocycles. The number of aromatic hydroxyl groups is 1. The van der Waals surface area contributed by atoms with Gasteiger partial charge in [0.2, 0.25) is 5.91 Å². The van der Waals surface area contributed by atoms with Crippen LogP contribution < -0.4 is 10.1 Å². The van der Waals surface area contributed by atoms with Crippen molar-refractivity contribution in [3.63, 3.8) is 0 Å². The Balaban J connectivity index is 1.14. The van der Waals surface area contributed by atoms with Gasteiger partial charge in [-0.1, -0.05) is 41.6 Å². The molecule has 1 heterocycles. The standard InChI is InChI=1S/C22H22N4O3/c27-17-7-4-8-18(9-17)29-14-16-13-26(25-24-16)20-11-22(10-19(20)22)21(28)23-12-15-5-2-1-3-6-15/h1-9,13,19-20,27H,10-12,14H2,(H,23,28)/t19-,20+,22-/m0/s1.